The number of carbonyl (C=O) groups excluding carboxylic acids is 1. The Bertz CT molecular complexity index is 1090. The Kier molecular flexibility index (Phi) is 5.21. The second-order valence-electron chi connectivity index (χ2n) is 7.28. The Hall–Kier alpha value is -2.99. The van der Waals surface area contributed by atoms with Crippen LogP contribution in [0.25, 0.3) is 10.9 Å². The molecule has 1 aromatic heterocycles. The Morgan fingerprint density at radius 3 is 2.36 bits per heavy atom. The van der Waals surface area contributed by atoms with E-state index in [4.69, 9.17) is 0 Å². The highest BCUT2D eigenvalue weighted by Gasteiger charge is 2.25. The number of benzene rings is 2. The summed E-state index contributed by atoms with van der Waals surface area (Å²) < 4.78 is 1.27. The zero-order valence-corrected chi connectivity index (χ0v) is 15.6. The maximum atomic E-state index is 12.6. The van der Waals surface area contributed by atoms with Gasteiger partial charge in [0.15, 0.2) is 5.78 Å². The molecule has 4 rings (SSSR count). The maximum absolute atomic E-state index is 12.6. The standard InChI is InChI=1S/C22H23N3O3/c26-20(16-6-2-1-3-7-16)17-10-12-24(13-11-17)14-15-25-21(27)18-8-4-5-9-19(18)23-22(25)28/h1-9,17H,10-15H2,(H,23,28). The molecular formula is C22H23N3O3. The van der Waals surface area contributed by atoms with Crippen LogP contribution in [0.2, 0.25) is 0 Å². The summed E-state index contributed by atoms with van der Waals surface area (Å²) in [6.07, 6.45) is 1.60. The molecule has 0 radical (unpaired) electrons. The molecule has 1 N–H and O–H groups in total. The lowest BCUT2D eigenvalue weighted by Crippen LogP contribution is -2.42. The number of nitrogens with one attached hydrogen (secondary N) is 1. The van der Waals surface area contributed by atoms with Crippen LogP contribution in [0.4, 0.5) is 0 Å². The number of H-pyrrole nitrogens is 1. The SMILES string of the molecule is O=C(c1ccccc1)C1CCN(CCn2c(=O)[nH]c3ccccc3c2=O)CC1. The first-order valence-corrected chi connectivity index (χ1v) is 9.67. The molecule has 6 nitrogen and oxygen atoms in total. The first-order valence-electron chi connectivity index (χ1n) is 9.67. The molecule has 1 saturated heterocycles. The highest BCUT2D eigenvalue weighted by Crippen LogP contribution is 2.21. The number of ketones is 1. The number of nitrogens with zero attached hydrogens (tertiary/aromatic N) is 2. The van der Waals surface area contributed by atoms with Gasteiger partial charge in [0, 0.05) is 24.6 Å². The molecule has 0 atom stereocenters. The number of hydrogen-bond acceptors (Lipinski definition) is 4. The fourth-order valence-corrected chi connectivity index (χ4v) is 3.90. The number of para-hydroxylation sites is 1. The number of rotatable bonds is 5. The largest absolute Gasteiger partial charge is 0.328 e. The van der Waals surface area contributed by atoms with E-state index in [9.17, 15) is 14.4 Å². The molecule has 2 heterocycles. The third kappa shape index (κ3) is 3.68. The molecule has 1 aliphatic rings. The van der Waals surface area contributed by atoms with Gasteiger partial charge in [0.1, 0.15) is 0 Å². The van der Waals surface area contributed by atoms with Crippen molar-refractivity contribution in [2.45, 2.75) is 19.4 Å². The molecule has 1 fully saturated rings. The molecule has 3 aromatic rings. The summed E-state index contributed by atoms with van der Waals surface area (Å²) in [5.41, 5.74) is 0.704. The van der Waals surface area contributed by atoms with Crippen molar-refractivity contribution in [1.29, 1.82) is 0 Å². The number of aromatic amines is 1. The Morgan fingerprint density at radius 2 is 1.61 bits per heavy atom. The van der Waals surface area contributed by atoms with Crippen LogP contribution in [0.3, 0.4) is 0 Å². The zero-order chi connectivity index (χ0) is 19.5. The van der Waals surface area contributed by atoms with E-state index < -0.39 is 0 Å². The molecule has 28 heavy (non-hydrogen) atoms. The Labute approximate surface area is 162 Å². The van der Waals surface area contributed by atoms with Crippen molar-refractivity contribution in [1.82, 2.24) is 14.5 Å². The molecule has 0 bridgehead atoms. The molecule has 0 amide bonds. The first kappa shape index (κ1) is 18.4. The molecule has 0 spiro atoms. The summed E-state index contributed by atoms with van der Waals surface area (Å²) in [7, 11) is 0. The van der Waals surface area contributed by atoms with E-state index in [1.54, 1.807) is 24.3 Å². The number of carbonyl (C=O) groups is 1. The minimum Gasteiger partial charge on any atom is -0.307 e. The molecule has 1 aliphatic heterocycles. The monoisotopic (exact) mass is 377 g/mol. The summed E-state index contributed by atoms with van der Waals surface area (Å²) in [4.78, 5) is 42.4. The second kappa shape index (κ2) is 7.94. The van der Waals surface area contributed by atoms with E-state index in [-0.39, 0.29) is 23.0 Å². The summed E-state index contributed by atoms with van der Waals surface area (Å²) in [5, 5.41) is 0.522. The van der Waals surface area contributed by atoms with Gasteiger partial charge >= 0.3 is 5.69 Å². The van der Waals surface area contributed by atoms with Gasteiger partial charge in [-0.1, -0.05) is 42.5 Å². The van der Waals surface area contributed by atoms with Crippen LogP contribution in [0.15, 0.2) is 64.2 Å². The van der Waals surface area contributed by atoms with Crippen molar-refractivity contribution >= 4 is 16.7 Å². The fraction of sp³-hybridized carbons (Fsp3) is 0.318. The van der Waals surface area contributed by atoms with Gasteiger partial charge in [-0.05, 0) is 38.1 Å². The lowest BCUT2D eigenvalue weighted by molar-refractivity contribution is 0.0837. The predicted octanol–water partition coefficient (Wildman–Crippen LogP) is 2.28. The van der Waals surface area contributed by atoms with E-state index in [0.717, 1.165) is 31.5 Å². The number of piperidine rings is 1. The third-order valence-corrected chi connectivity index (χ3v) is 5.55. The van der Waals surface area contributed by atoms with Crippen molar-refractivity contribution in [2.75, 3.05) is 19.6 Å². The highest BCUT2D eigenvalue weighted by atomic mass is 16.2. The number of hydrogen-bond donors (Lipinski definition) is 1. The molecular weight excluding hydrogens is 354 g/mol. The summed E-state index contributed by atoms with van der Waals surface area (Å²) in [5.74, 6) is 0.257. The van der Waals surface area contributed by atoms with Gasteiger partial charge in [-0.3, -0.25) is 14.2 Å². The smallest absolute Gasteiger partial charge is 0.307 e. The van der Waals surface area contributed by atoms with Crippen LogP contribution in [0, 0.1) is 5.92 Å². The van der Waals surface area contributed by atoms with Crippen LogP contribution in [-0.4, -0.2) is 39.9 Å². The van der Waals surface area contributed by atoms with E-state index >= 15 is 0 Å². The Balaban J connectivity index is 1.39. The lowest BCUT2D eigenvalue weighted by Gasteiger charge is -2.31. The fourth-order valence-electron chi connectivity index (χ4n) is 3.90. The van der Waals surface area contributed by atoms with Crippen LogP contribution in [0.5, 0.6) is 0 Å². The van der Waals surface area contributed by atoms with Gasteiger partial charge in [0.05, 0.1) is 10.9 Å². The summed E-state index contributed by atoms with van der Waals surface area (Å²) in [6, 6.07) is 16.5. The normalized spacial score (nSPS) is 15.7. The van der Waals surface area contributed by atoms with Gasteiger partial charge in [0.2, 0.25) is 0 Å². The van der Waals surface area contributed by atoms with Crippen LogP contribution < -0.4 is 11.2 Å². The molecule has 0 aliphatic carbocycles. The quantitative estimate of drug-likeness (QED) is 0.692. The van der Waals surface area contributed by atoms with Crippen molar-refractivity contribution in [2.24, 2.45) is 5.92 Å². The van der Waals surface area contributed by atoms with Gasteiger partial charge in [-0.15, -0.1) is 0 Å². The third-order valence-electron chi connectivity index (χ3n) is 5.55. The molecule has 144 valence electrons. The highest BCUT2D eigenvalue weighted by molar-refractivity contribution is 5.97. The Morgan fingerprint density at radius 1 is 0.929 bits per heavy atom. The van der Waals surface area contributed by atoms with E-state index in [1.165, 1.54) is 4.57 Å². The minimum atomic E-state index is -0.377. The zero-order valence-electron chi connectivity index (χ0n) is 15.6. The van der Waals surface area contributed by atoms with Gasteiger partial charge in [-0.2, -0.15) is 0 Å². The molecule has 0 saturated carbocycles. The number of fused-ring (bicyclic) bond motifs is 1. The minimum absolute atomic E-state index is 0.0467. The van der Waals surface area contributed by atoms with Crippen LogP contribution in [0.1, 0.15) is 23.2 Å². The van der Waals surface area contributed by atoms with E-state index in [1.807, 2.05) is 30.3 Å². The van der Waals surface area contributed by atoms with Crippen molar-refractivity contribution in [3.8, 4) is 0 Å². The van der Waals surface area contributed by atoms with Crippen LogP contribution in [-0.2, 0) is 6.54 Å². The van der Waals surface area contributed by atoms with Gasteiger partial charge < -0.3 is 9.88 Å². The van der Waals surface area contributed by atoms with Crippen LogP contribution >= 0.6 is 0 Å². The van der Waals surface area contributed by atoms with Crippen molar-refractivity contribution in [3.63, 3.8) is 0 Å². The second-order valence-corrected chi connectivity index (χ2v) is 7.28. The van der Waals surface area contributed by atoms with Crippen molar-refractivity contribution < 1.29 is 4.79 Å². The number of likely N-dealkylation sites (tertiary alicyclic amines) is 1. The number of Topliss-reactive ketones (excluding diaryl/α,β-unsaturated/α-hetero) is 1. The maximum Gasteiger partial charge on any atom is 0.328 e. The average Bonchev–Trinajstić information content (AvgIpc) is 2.74. The van der Waals surface area contributed by atoms with Crippen molar-refractivity contribution in [3.05, 3.63) is 81.0 Å². The first-order chi connectivity index (χ1) is 13.6. The van der Waals surface area contributed by atoms with E-state index in [0.29, 0.717) is 24.0 Å². The molecule has 2 aromatic carbocycles. The summed E-state index contributed by atoms with van der Waals surface area (Å²) in [6.45, 7) is 2.55. The van der Waals surface area contributed by atoms with Gasteiger partial charge in [0.25, 0.3) is 5.56 Å². The summed E-state index contributed by atoms with van der Waals surface area (Å²) >= 11 is 0. The average molecular weight is 377 g/mol. The predicted molar refractivity (Wildman–Crippen MR) is 109 cm³/mol. The van der Waals surface area contributed by atoms with E-state index in [2.05, 4.69) is 9.88 Å². The number of aromatic nitrogens is 2. The molecule has 0 unspecified atom stereocenters. The molecule has 6 heteroatoms. The lowest BCUT2D eigenvalue weighted by atomic mass is 9.89. The topological polar surface area (TPSA) is 75.2 Å². The van der Waals surface area contributed by atoms with Gasteiger partial charge in [-0.25, -0.2) is 4.79 Å².